The van der Waals surface area contributed by atoms with E-state index in [1.165, 1.54) is 38.5 Å². The van der Waals surface area contributed by atoms with Crippen LogP contribution in [0.15, 0.2) is 10.9 Å². The summed E-state index contributed by atoms with van der Waals surface area (Å²) in [5.74, 6) is 2.21. The van der Waals surface area contributed by atoms with Crippen molar-refractivity contribution < 1.29 is 4.79 Å². The Kier molecular flexibility index (Phi) is 5.41. The minimum atomic E-state index is -0.560. The number of carbonyl (C=O) groups is 1. The van der Waals surface area contributed by atoms with Crippen LogP contribution in [0.5, 0.6) is 0 Å². The van der Waals surface area contributed by atoms with Gasteiger partial charge >= 0.3 is 0 Å². The number of nitrogens with zero attached hydrogens (tertiary/aromatic N) is 1. The van der Waals surface area contributed by atoms with Crippen molar-refractivity contribution in [3.05, 3.63) is 33.2 Å². The summed E-state index contributed by atoms with van der Waals surface area (Å²) in [5, 5.41) is 0. The first-order chi connectivity index (χ1) is 13.4. The lowest BCUT2D eigenvalue weighted by Gasteiger charge is -2.57. The summed E-state index contributed by atoms with van der Waals surface area (Å²) in [6.45, 7) is 5.06. The van der Waals surface area contributed by atoms with Gasteiger partial charge in [-0.3, -0.25) is 9.59 Å². The van der Waals surface area contributed by atoms with Crippen LogP contribution in [0.3, 0.4) is 0 Å². The molecule has 4 aliphatic carbocycles. The maximum absolute atomic E-state index is 12.6. The Morgan fingerprint density at radius 3 is 2.29 bits per heavy atom. The molecule has 4 heteroatoms. The molecule has 154 valence electrons. The molecule has 5 rings (SSSR count). The van der Waals surface area contributed by atoms with Crippen LogP contribution in [0.25, 0.3) is 0 Å². The van der Waals surface area contributed by atoms with Gasteiger partial charge in [-0.05, 0) is 87.9 Å². The highest BCUT2D eigenvalue weighted by Crippen LogP contribution is 2.61. The third-order valence-corrected chi connectivity index (χ3v) is 7.92. The Morgan fingerprint density at radius 1 is 1.14 bits per heavy atom. The fraction of sp³-hybridized carbons (Fsp3) is 0.750. The number of aromatic nitrogens is 1. The highest BCUT2D eigenvalue weighted by atomic mass is 16.2. The van der Waals surface area contributed by atoms with Crippen LogP contribution in [0, 0.1) is 30.1 Å². The molecule has 4 fully saturated rings. The van der Waals surface area contributed by atoms with E-state index in [9.17, 15) is 9.59 Å². The Hall–Kier alpha value is -1.58. The minimum absolute atomic E-state index is 0.197. The molecule has 1 amide bonds. The average Bonchev–Trinajstić information content (AvgIpc) is 2.60. The van der Waals surface area contributed by atoms with Crippen molar-refractivity contribution in [3.8, 4) is 0 Å². The normalized spacial score (nSPS) is 30.7. The van der Waals surface area contributed by atoms with Gasteiger partial charge in [0.15, 0.2) is 5.43 Å². The summed E-state index contributed by atoms with van der Waals surface area (Å²) >= 11 is 0. The maximum Gasteiger partial charge on any atom is 0.254 e. The molecule has 1 aromatic rings. The Balaban J connectivity index is 1.62. The van der Waals surface area contributed by atoms with Crippen molar-refractivity contribution in [2.45, 2.75) is 91.0 Å². The average molecular weight is 385 g/mol. The number of hydrogen-bond donors (Lipinski definition) is 1. The summed E-state index contributed by atoms with van der Waals surface area (Å²) in [7, 11) is 0. The van der Waals surface area contributed by atoms with Gasteiger partial charge in [-0.25, -0.2) is 0 Å². The van der Waals surface area contributed by atoms with Crippen LogP contribution >= 0.6 is 0 Å². The molecule has 4 nitrogen and oxygen atoms in total. The lowest BCUT2D eigenvalue weighted by molar-refractivity contribution is -0.0572. The van der Waals surface area contributed by atoms with Gasteiger partial charge in [-0.15, -0.1) is 0 Å². The summed E-state index contributed by atoms with van der Waals surface area (Å²) < 4.78 is 2.22. The molecule has 0 atom stereocenters. The van der Waals surface area contributed by atoms with Gasteiger partial charge in [0, 0.05) is 24.0 Å². The first-order valence-corrected chi connectivity index (χ1v) is 11.4. The van der Waals surface area contributed by atoms with E-state index in [1.54, 1.807) is 6.07 Å². The zero-order chi connectivity index (χ0) is 19.9. The number of pyridine rings is 1. The van der Waals surface area contributed by atoms with Crippen molar-refractivity contribution in [3.63, 3.8) is 0 Å². The third-order valence-electron chi connectivity index (χ3n) is 7.92. The predicted octanol–water partition coefficient (Wildman–Crippen LogP) is 4.59. The topological polar surface area (TPSA) is 65.1 Å². The molecule has 1 aromatic heterocycles. The smallest absolute Gasteiger partial charge is 0.254 e. The molecular formula is C24H36N2O2. The molecule has 4 saturated carbocycles. The van der Waals surface area contributed by atoms with Gasteiger partial charge < -0.3 is 10.3 Å². The summed E-state index contributed by atoms with van der Waals surface area (Å²) in [4.78, 5) is 24.8. The Bertz CT molecular complexity index is 772. The molecule has 28 heavy (non-hydrogen) atoms. The number of carbonyl (C=O) groups excluding carboxylic acids is 1. The zero-order valence-corrected chi connectivity index (χ0v) is 17.6. The molecule has 1 heterocycles. The Morgan fingerprint density at radius 2 is 1.75 bits per heavy atom. The molecular weight excluding hydrogens is 348 g/mol. The lowest BCUT2D eigenvalue weighted by Crippen LogP contribution is -2.46. The highest BCUT2D eigenvalue weighted by Gasteiger charge is 2.50. The van der Waals surface area contributed by atoms with Gasteiger partial charge in [-0.2, -0.15) is 0 Å². The molecule has 0 spiro atoms. The van der Waals surface area contributed by atoms with E-state index < -0.39 is 5.91 Å². The van der Waals surface area contributed by atoms with E-state index in [2.05, 4.69) is 11.5 Å². The third kappa shape index (κ3) is 3.67. The van der Waals surface area contributed by atoms with Crippen molar-refractivity contribution in [2.24, 2.45) is 28.9 Å². The van der Waals surface area contributed by atoms with Crippen LogP contribution in [-0.4, -0.2) is 10.5 Å². The monoisotopic (exact) mass is 384 g/mol. The van der Waals surface area contributed by atoms with E-state index in [-0.39, 0.29) is 11.0 Å². The molecule has 0 aliphatic heterocycles. The molecule has 0 aromatic carbocycles. The first-order valence-electron chi connectivity index (χ1n) is 11.4. The van der Waals surface area contributed by atoms with E-state index >= 15 is 0 Å². The van der Waals surface area contributed by atoms with E-state index in [0.29, 0.717) is 5.41 Å². The highest BCUT2D eigenvalue weighted by molar-refractivity contribution is 5.93. The van der Waals surface area contributed by atoms with Crippen molar-refractivity contribution in [1.29, 1.82) is 0 Å². The molecule has 0 saturated heterocycles. The summed E-state index contributed by atoms with van der Waals surface area (Å²) in [6, 6.07) is 1.60. The van der Waals surface area contributed by atoms with Crippen LogP contribution in [0.1, 0.15) is 92.9 Å². The van der Waals surface area contributed by atoms with Crippen molar-refractivity contribution >= 4 is 5.91 Å². The fourth-order valence-corrected chi connectivity index (χ4v) is 7.16. The van der Waals surface area contributed by atoms with Crippen LogP contribution < -0.4 is 11.2 Å². The molecule has 4 aliphatic rings. The minimum Gasteiger partial charge on any atom is -0.365 e. The van der Waals surface area contributed by atoms with E-state index in [0.717, 1.165) is 67.8 Å². The van der Waals surface area contributed by atoms with Crippen LogP contribution in [0.2, 0.25) is 0 Å². The molecule has 0 unspecified atom stereocenters. The largest absolute Gasteiger partial charge is 0.365 e. The fourth-order valence-electron chi connectivity index (χ4n) is 7.16. The van der Waals surface area contributed by atoms with E-state index in [4.69, 9.17) is 5.73 Å². The number of primary amides is 1. The first kappa shape index (κ1) is 19.7. The number of nitrogens with two attached hydrogens (primary N) is 1. The van der Waals surface area contributed by atoms with Crippen molar-refractivity contribution in [2.75, 3.05) is 0 Å². The molecule has 4 bridgehead atoms. The van der Waals surface area contributed by atoms with Gasteiger partial charge in [-0.1, -0.05) is 19.8 Å². The number of unbranched alkanes of at least 4 members (excludes halogenated alkanes) is 2. The van der Waals surface area contributed by atoms with Crippen molar-refractivity contribution in [1.82, 2.24) is 4.57 Å². The SMILES string of the molecule is CCCCCn1c(C)cc(=O)c(C(N)=O)c1CCC12CC3CC(CC(C3)C1)C2. The molecule has 0 radical (unpaired) electrons. The second kappa shape index (κ2) is 7.68. The predicted molar refractivity (Wildman–Crippen MR) is 112 cm³/mol. The number of rotatable bonds is 8. The number of hydrogen-bond acceptors (Lipinski definition) is 2. The van der Waals surface area contributed by atoms with Gasteiger partial charge in [0.1, 0.15) is 5.56 Å². The second-order valence-electron chi connectivity index (χ2n) is 10.1. The summed E-state index contributed by atoms with van der Waals surface area (Å²) in [6.07, 6.45) is 13.7. The standard InChI is InChI=1S/C24H36N2O2/c1-3-4-5-8-26-16(2)9-21(27)22(23(25)28)20(26)6-7-24-13-17-10-18(14-24)12-19(11-17)15-24/h9,17-19H,3-8,10-15H2,1-2H3,(H2,25,28). The molecule has 2 N–H and O–H groups in total. The zero-order valence-electron chi connectivity index (χ0n) is 17.6. The van der Waals surface area contributed by atoms with Gasteiger partial charge in [0.25, 0.3) is 5.91 Å². The Labute approximate surface area is 168 Å². The summed E-state index contributed by atoms with van der Waals surface area (Å²) in [5.41, 5.74) is 8.03. The van der Waals surface area contributed by atoms with Crippen LogP contribution in [-0.2, 0) is 13.0 Å². The number of amides is 1. The second-order valence-corrected chi connectivity index (χ2v) is 10.1. The number of aryl methyl sites for hydroxylation is 1. The van der Waals surface area contributed by atoms with Crippen LogP contribution in [0.4, 0.5) is 0 Å². The quantitative estimate of drug-likeness (QED) is 0.666. The lowest BCUT2D eigenvalue weighted by atomic mass is 9.48. The van der Waals surface area contributed by atoms with Gasteiger partial charge in [0.2, 0.25) is 0 Å². The maximum atomic E-state index is 12.6. The van der Waals surface area contributed by atoms with Gasteiger partial charge in [0.05, 0.1) is 0 Å². The van der Waals surface area contributed by atoms with E-state index in [1.807, 2.05) is 6.92 Å².